The maximum Gasteiger partial charge on any atom is 0.0454 e. The lowest BCUT2D eigenvalue weighted by atomic mass is 9.76. The summed E-state index contributed by atoms with van der Waals surface area (Å²) in [6.07, 6.45) is 6.83. The SMILES string of the molecule is CC(CC=N)(Cc1ccccn1)c1ccc2[nH]ccc2c1. The second-order valence-electron chi connectivity index (χ2n) is 5.75. The molecule has 0 saturated carbocycles. The lowest BCUT2D eigenvalue weighted by molar-refractivity contribution is 0.485. The number of aromatic nitrogens is 2. The van der Waals surface area contributed by atoms with Gasteiger partial charge in [-0.2, -0.15) is 0 Å². The number of hydrogen-bond acceptors (Lipinski definition) is 2. The van der Waals surface area contributed by atoms with Crippen LogP contribution in [0.15, 0.2) is 54.9 Å². The minimum Gasteiger partial charge on any atom is -0.361 e. The lowest BCUT2D eigenvalue weighted by Gasteiger charge is -2.28. The van der Waals surface area contributed by atoms with Crippen LogP contribution in [0.1, 0.15) is 24.6 Å². The van der Waals surface area contributed by atoms with E-state index >= 15 is 0 Å². The Labute approximate surface area is 124 Å². The lowest BCUT2D eigenvalue weighted by Crippen LogP contribution is -2.26. The fourth-order valence-corrected chi connectivity index (χ4v) is 2.85. The molecule has 106 valence electrons. The molecule has 3 rings (SSSR count). The molecule has 1 aromatic carbocycles. The zero-order valence-electron chi connectivity index (χ0n) is 12.1. The first-order valence-electron chi connectivity index (χ1n) is 7.18. The standard InChI is InChI=1S/C18H19N3/c1-18(8-9-19,13-16-4-2-3-10-20-16)15-5-6-17-14(12-15)7-11-21-17/h2-7,9-12,19,21H,8,13H2,1H3. The van der Waals surface area contributed by atoms with Crippen LogP contribution in [-0.4, -0.2) is 16.2 Å². The second-order valence-corrected chi connectivity index (χ2v) is 5.75. The summed E-state index contributed by atoms with van der Waals surface area (Å²) in [7, 11) is 0. The summed E-state index contributed by atoms with van der Waals surface area (Å²) in [4.78, 5) is 7.67. The van der Waals surface area contributed by atoms with Gasteiger partial charge in [-0.15, -0.1) is 0 Å². The number of rotatable bonds is 5. The van der Waals surface area contributed by atoms with Crippen molar-refractivity contribution >= 4 is 17.1 Å². The molecule has 0 fully saturated rings. The predicted octanol–water partition coefficient (Wildman–Crippen LogP) is 4.10. The minimum atomic E-state index is -0.110. The van der Waals surface area contributed by atoms with Crippen molar-refractivity contribution in [3.63, 3.8) is 0 Å². The summed E-state index contributed by atoms with van der Waals surface area (Å²) < 4.78 is 0. The third-order valence-electron chi connectivity index (χ3n) is 4.10. The summed E-state index contributed by atoms with van der Waals surface area (Å²) in [5.74, 6) is 0. The third-order valence-corrected chi connectivity index (χ3v) is 4.10. The molecule has 3 heteroatoms. The van der Waals surface area contributed by atoms with Crippen LogP contribution in [0.4, 0.5) is 0 Å². The molecule has 0 aliphatic rings. The van der Waals surface area contributed by atoms with Gasteiger partial charge in [0.25, 0.3) is 0 Å². The van der Waals surface area contributed by atoms with E-state index < -0.39 is 0 Å². The smallest absolute Gasteiger partial charge is 0.0454 e. The van der Waals surface area contributed by atoms with E-state index in [1.165, 1.54) is 17.2 Å². The number of fused-ring (bicyclic) bond motifs is 1. The van der Waals surface area contributed by atoms with E-state index in [9.17, 15) is 0 Å². The van der Waals surface area contributed by atoms with Gasteiger partial charge in [-0.05, 0) is 60.3 Å². The van der Waals surface area contributed by atoms with Crippen molar-refractivity contribution in [3.8, 4) is 0 Å². The normalized spacial score (nSPS) is 14.0. The summed E-state index contributed by atoms with van der Waals surface area (Å²) in [6.45, 7) is 2.21. The molecule has 2 aromatic heterocycles. The number of pyridine rings is 1. The highest BCUT2D eigenvalue weighted by molar-refractivity contribution is 5.80. The van der Waals surface area contributed by atoms with E-state index in [-0.39, 0.29) is 5.41 Å². The van der Waals surface area contributed by atoms with E-state index in [4.69, 9.17) is 5.41 Å². The van der Waals surface area contributed by atoms with Gasteiger partial charge in [0.1, 0.15) is 0 Å². The van der Waals surface area contributed by atoms with Crippen LogP contribution in [-0.2, 0) is 11.8 Å². The van der Waals surface area contributed by atoms with Crippen molar-refractivity contribution in [1.82, 2.24) is 9.97 Å². The molecule has 1 unspecified atom stereocenters. The topological polar surface area (TPSA) is 52.5 Å². The first kappa shape index (κ1) is 13.6. The molecule has 3 nitrogen and oxygen atoms in total. The fraction of sp³-hybridized carbons (Fsp3) is 0.222. The first-order chi connectivity index (χ1) is 10.2. The number of H-pyrrole nitrogens is 1. The van der Waals surface area contributed by atoms with Crippen molar-refractivity contribution in [2.24, 2.45) is 0 Å². The van der Waals surface area contributed by atoms with Crippen LogP contribution in [0, 0.1) is 5.41 Å². The number of aromatic amines is 1. The van der Waals surface area contributed by atoms with Crippen LogP contribution in [0.5, 0.6) is 0 Å². The molecule has 0 amide bonds. The molecule has 0 aliphatic carbocycles. The second kappa shape index (κ2) is 5.52. The van der Waals surface area contributed by atoms with E-state index in [0.29, 0.717) is 6.42 Å². The molecule has 1 atom stereocenters. The highest BCUT2D eigenvalue weighted by Gasteiger charge is 2.27. The molecule has 0 bridgehead atoms. The van der Waals surface area contributed by atoms with Gasteiger partial charge in [-0.3, -0.25) is 4.98 Å². The number of benzene rings is 1. The Morgan fingerprint density at radius 1 is 1.24 bits per heavy atom. The minimum absolute atomic E-state index is 0.110. The molecule has 3 aromatic rings. The first-order valence-corrected chi connectivity index (χ1v) is 7.18. The van der Waals surface area contributed by atoms with Crippen LogP contribution < -0.4 is 0 Å². The van der Waals surface area contributed by atoms with Crippen LogP contribution >= 0.6 is 0 Å². The molecule has 2 N–H and O–H groups in total. The van der Waals surface area contributed by atoms with E-state index in [0.717, 1.165) is 17.6 Å². The van der Waals surface area contributed by atoms with Crippen molar-refractivity contribution in [3.05, 3.63) is 66.1 Å². The van der Waals surface area contributed by atoms with E-state index in [1.54, 1.807) is 0 Å². The van der Waals surface area contributed by atoms with Gasteiger partial charge in [0, 0.05) is 29.0 Å². The van der Waals surface area contributed by atoms with Gasteiger partial charge < -0.3 is 10.4 Å². The summed E-state index contributed by atoms with van der Waals surface area (Å²) >= 11 is 0. The van der Waals surface area contributed by atoms with Gasteiger partial charge in [0.2, 0.25) is 0 Å². The maximum absolute atomic E-state index is 7.55. The summed E-state index contributed by atoms with van der Waals surface area (Å²) in [5.41, 5.74) is 3.36. The summed E-state index contributed by atoms with van der Waals surface area (Å²) in [5, 5.41) is 8.77. The Bertz CT molecular complexity index is 745. The molecule has 0 aliphatic heterocycles. The van der Waals surface area contributed by atoms with Gasteiger partial charge in [0.15, 0.2) is 0 Å². The Hall–Kier alpha value is -2.42. The molecule has 2 heterocycles. The van der Waals surface area contributed by atoms with Gasteiger partial charge in [-0.1, -0.05) is 19.1 Å². The largest absolute Gasteiger partial charge is 0.361 e. The molecular formula is C18H19N3. The van der Waals surface area contributed by atoms with Gasteiger partial charge in [-0.25, -0.2) is 0 Å². The van der Waals surface area contributed by atoms with Gasteiger partial charge in [0.05, 0.1) is 0 Å². The number of nitrogens with zero attached hydrogens (tertiary/aromatic N) is 1. The Balaban J connectivity index is 2.00. The molecule has 0 spiro atoms. The fourth-order valence-electron chi connectivity index (χ4n) is 2.85. The average Bonchev–Trinajstić information content (AvgIpc) is 2.96. The quantitative estimate of drug-likeness (QED) is 0.678. The Morgan fingerprint density at radius 3 is 2.90 bits per heavy atom. The maximum atomic E-state index is 7.55. The highest BCUT2D eigenvalue weighted by Crippen LogP contribution is 2.32. The van der Waals surface area contributed by atoms with Crippen LogP contribution in [0.2, 0.25) is 0 Å². The van der Waals surface area contributed by atoms with Crippen molar-refractivity contribution in [2.45, 2.75) is 25.2 Å². The van der Waals surface area contributed by atoms with Gasteiger partial charge >= 0.3 is 0 Å². The Kier molecular flexibility index (Phi) is 3.57. The van der Waals surface area contributed by atoms with Crippen molar-refractivity contribution in [2.75, 3.05) is 0 Å². The molecule has 0 saturated heterocycles. The van der Waals surface area contributed by atoms with E-state index in [1.807, 2.05) is 24.5 Å². The number of hydrogen-bond donors (Lipinski definition) is 2. The molecule has 21 heavy (non-hydrogen) atoms. The monoisotopic (exact) mass is 277 g/mol. The molecule has 0 radical (unpaired) electrons. The zero-order valence-corrected chi connectivity index (χ0v) is 12.1. The van der Waals surface area contributed by atoms with Crippen molar-refractivity contribution in [1.29, 1.82) is 5.41 Å². The van der Waals surface area contributed by atoms with Crippen LogP contribution in [0.25, 0.3) is 10.9 Å². The average molecular weight is 277 g/mol. The third kappa shape index (κ3) is 2.72. The van der Waals surface area contributed by atoms with Crippen LogP contribution in [0.3, 0.4) is 0 Å². The highest BCUT2D eigenvalue weighted by atomic mass is 14.7. The Morgan fingerprint density at radius 2 is 2.14 bits per heavy atom. The summed E-state index contributed by atoms with van der Waals surface area (Å²) in [6, 6.07) is 14.6. The number of nitrogens with one attached hydrogen (secondary N) is 2. The zero-order chi connectivity index (χ0) is 14.7. The van der Waals surface area contributed by atoms with E-state index in [2.05, 4.69) is 47.2 Å². The predicted molar refractivity (Wildman–Crippen MR) is 87.0 cm³/mol. The molecular weight excluding hydrogens is 258 g/mol. The van der Waals surface area contributed by atoms with Crippen molar-refractivity contribution < 1.29 is 0 Å².